The molecule has 0 bridgehead atoms. The average molecular weight is 377 g/mol. The third-order valence-electron chi connectivity index (χ3n) is 3.07. The van der Waals surface area contributed by atoms with Crippen LogP contribution >= 0.6 is 15.9 Å². The van der Waals surface area contributed by atoms with Crippen LogP contribution in [0, 0.1) is 13.8 Å². The molecule has 5 nitrogen and oxygen atoms in total. The Morgan fingerprint density at radius 3 is 2.83 bits per heavy atom. The zero-order valence-corrected chi connectivity index (χ0v) is 14.4. The maximum absolute atomic E-state index is 11.7. The van der Waals surface area contributed by atoms with E-state index >= 15 is 0 Å². The summed E-state index contributed by atoms with van der Waals surface area (Å²) >= 11 is 3.30. The van der Waals surface area contributed by atoms with Gasteiger partial charge in [0.2, 0.25) is 0 Å². The lowest BCUT2D eigenvalue weighted by molar-refractivity contribution is -0.123. The minimum absolute atomic E-state index is 0.0812. The van der Waals surface area contributed by atoms with E-state index in [2.05, 4.69) is 26.5 Å². The van der Waals surface area contributed by atoms with Gasteiger partial charge < -0.3 is 9.84 Å². The molecule has 0 radical (unpaired) electrons. The number of hydrazone groups is 1. The van der Waals surface area contributed by atoms with Crippen LogP contribution in [-0.2, 0) is 4.79 Å². The van der Waals surface area contributed by atoms with Crippen molar-refractivity contribution in [2.24, 2.45) is 5.10 Å². The number of phenolic OH excluding ortho intramolecular Hbond substituents is 1. The molecule has 23 heavy (non-hydrogen) atoms. The van der Waals surface area contributed by atoms with Crippen LogP contribution in [0.25, 0.3) is 0 Å². The van der Waals surface area contributed by atoms with Crippen molar-refractivity contribution in [2.75, 3.05) is 6.61 Å². The molecule has 0 unspecified atom stereocenters. The highest BCUT2D eigenvalue weighted by Crippen LogP contribution is 2.20. The first-order chi connectivity index (χ1) is 11.0. The van der Waals surface area contributed by atoms with Gasteiger partial charge in [0, 0.05) is 10.0 Å². The van der Waals surface area contributed by atoms with Gasteiger partial charge in [-0.05, 0) is 43.7 Å². The summed E-state index contributed by atoms with van der Waals surface area (Å²) < 4.78 is 6.26. The zero-order chi connectivity index (χ0) is 16.8. The number of aryl methyl sites for hydroxylation is 2. The van der Waals surface area contributed by atoms with Crippen molar-refractivity contribution in [2.45, 2.75) is 13.8 Å². The van der Waals surface area contributed by atoms with E-state index in [1.165, 1.54) is 12.3 Å². The predicted octanol–water partition coefficient (Wildman–Crippen LogP) is 3.30. The second-order valence-corrected chi connectivity index (χ2v) is 5.97. The monoisotopic (exact) mass is 376 g/mol. The first-order valence-electron chi connectivity index (χ1n) is 6.96. The molecular weight excluding hydrogens is 360 g/mol. The molecule has 6 heteroatoms. The standard InChI is InChI=1S/C17H17BrN2O3/c1-11-3-6-16(12(2)7-11)23-10-17(22)20-19-9-13-8-14(18)4-5-15(13)21/h3-9,21H,10H2,1-2H3,(H,20,22)/b19-9-. The SMILES string of the molecule is Cc1ccc(OCC(=O)N/N=C\c2cc(Br)ccc2O)c(C)c1. The molecule has 120 valence electrons. The molecule has 0 aliphatic carbocycles. The lowest BCUT2D eigenvalue weighted by Crippen LogP contribution is -2.24. The Bertz CT molecular complexity index is 745. The minimum atomic E-state index is -0.379. The second kappa shape index (κ2) is 7.78. The Morgan fingerprint density at radius 2 is 2.09 bits per heavy atom. The Labute approximate surface area is 143 Å². The molecule has 0 aliphatic heterocycles. The minimum Gasteiger partial charge on any atom is -0.507 e. The van der Waals surface area contributed by atoms with Crippen LogP contribution in [0.2, 0.25) is 0 Å². The molecule has 2 N–H and O–H groups in total. The van der Waals surface area contributed by atoms with Crippen LogP contribution in [0.3, 0.4) is 0 Å². The number of amides is 1. The van der Waals surface area contributed by atoms with Crippen LogP contribution in [0.15, 0.2) is 46.0 Å². The number of nitrogens with zero attached hydrogens (tertiary/aromatic N) is 1. The lowest BCUT2D eigenvalue weighted by atomic mass is 10.1. The van der Waals surface area contributed by atoms with Crippen molar-refractivity contribution in [1.82, 2.24) is 5.43 Å². The normalized spacial score (nSPS) is 10.7. The molecule has 0 atom stereocenters. The van der Waals surface area contributed by atoms with Gasteiger partial charge in [0.1, 0.15) is 11.5 Å². The van der Waals surface area contributed by atoms with Gasteiger partial charge in [-0.2, -0.15) is 5.10 Å². The molecule has 0 fully saturated rings. The van der Waals surface area contributed by atoms with Gasteiger partial charge in [0.25, 0.3) is 5.91 Å². The molecule has 0 saturated heterocycles. The maximum atomic E-state index is 11.7. The van der Waals surface area contributed by atoms with Crippen molar-refractivity contribution in [3.05, 3.63) is 57.6 Å². The average Bonchev–Trinajstić information content (AvgIpc) is 2.50. The number of carbonyl (C=O) groups is 1. The van der Waals surface area contributed by atoms with Gasteiger partial charge in [-0.1, -0.05) is 33.6 Å². The number of carbonyl (C=O) groups excluding carboxylic acids is 1. The fourth-order valence-electron chi connectivity index (χ4n) is 1.94. The van der Waals surface area contributed by atoms with Crippen LogP contribution in [0.4, 0.5) is 0 Å². The summed E-state index contributed by atoms with van der Waals surface area (Å²) in [7, 11) is 0. The molecule has 2 rings (SSSR count). The molecule has 2 aromatic rings. The highest BCUT2D eigenvalue weighted by Gasteiger charge is 2.04. The largest absolute Gasteiger partial charge is 0.507 e. The zero-order valence-electron chi connectivity index (χ0n) is 12.8. The lowest BCUT2D eigenvalue weighted by Gasteiger charge is -2.08. The van der Waals surface area contributed by atoms with Gasteiger partial charge in [-0.15, -0.1) is 0 Å². The Morgan fingerprint density at radius 1 is 1.30 bits per heavy atom. The molecule has 0 aliphatic rings. The number of hydrogen-bond donors (Lipinski definition) is 2. The van der Waals surface area contributed by atoms with Crippen molar-refractivity contribution >= 4 is 28.1 Å². The molecule has 2 aromatic carbocycles. The number of aromatic hydroxyl groups is 1. The molecule has 0 spiro atoms. The Hall–Kier alpha value is -2.34. The highest BCUT2D eigenvalue weighted by molar-refractivity contribution is 9.10. The number of benzene rings is 2. The quantitative estimate of drug-likeness (QED) is 0.621. The molecule has 0 aromatic heterocycles. The number of nitrogens with one attached hydrogen (secondary N) is 1. The van der Waals surface area contributed by atoms with E-state index in [-0.39, 0.29) is 18.3 Å². The number of hydrogen-bond acceptors (Lipinski definition) is 4. The molecule has 1 amide bonds. The number of halogens is 1. The summed E-state index contributed by atoms with van der Waals surface area (Å²) in [5, 5.41) is 13.5. The Balaban J connectivity index is 1.87. The van der Waals surface area contributed by atoms with Crippen LogP contribution in [0.5, 0.6) is 11.5 Å². The van der Waals surface area contributed by atoms with E-state index in [0.717, 1.165) is 15.6 Å². The first kappa shape index (κ1) is 17.0. The number of ether oxygens (including phenoxy) is 1. The van der Waals surface area contributed by atoms with Crippen LogP contribution in [0.1, 0.15) is 16.7 Å². The number of rotatable bonds is 5. The number of phenols is 1. The van der Waals surface area contributed by atoms with Crippen molar-refractivity contribution in [1.29, 1.82) is 0 Å². The van der Waals surface area contributed by atoms with Gasteiger partial charge in [0.05, 0.1) is 6.21 Å². The van der Waals surface area contributed by atoms with Crippen molar-refractivity contribution in [3.8, 4) is 11.5 Å². The van der Waals surface area contributed by atoms with E-state index in [0.29, 0.717) is 11.3 Å². The smallest absolute Gasteiger partial charge is 0.277 e. The topological polar surface area (TPSA) is 70.9 Å². The third-order valence-corrected chi connectivity index (χ3v) is 3.56. The van der Waals surface area contributed by atoms with Gasteiger partial charge in [-0.3, -0.25) is 4.79 Å². The van der Waals surface area contributed by atoms with Gasteiger partial charge in [-0.25, -0.2) is 5.43 Å². The fourth-order valence-corrected chi connectivity index (χ4v) is 2.32. The third kappa shape index (κ3) is 5.10. The van der Waals surface area contributed by atoms with E-state index in [1.54, 1.807) is 12.1 Å². The fraction of sp³-hybridized carbons (Fsp3) is 0.176. The van der Waals surface area contributed by atoms with E-state index < -0.39 is 0 Å². The van der Waals surface area contributed by atoms with Crippen LogP contribution < -0.4 is 10.2 Å². The van der Waals surface area contributed by atoms with Crippen LogP contribution in [-0.4, -0.2) is 23.8 Å². The summed E-state index contributed by atoms with van der Waals surface area (Å²) in [5.41, 5.74) is 4.96. The first-order valence-corrected chi connectivity index (χ1v) is 7.75. The van der Waals surface area contributed by atoms with Crippen molar-refractivity contribution < 1.29 is 14.6 Å². The van der Waals surface area contributed by atoms with E-state index in [4.69, 9.17) is 4.74 Å². The van der Waals surface area contributed by atoms with Crippen molar-refractivity contribution in [3.63, 3.8) is 0 Å². The summed E-state index contributed by atoms with van der Waals surface area (Å²) in [5.74, 6) is 0.368. The molecule has 0 heterocycles. The predicted molar refractivity (Wildman–Crippen MR) is 93.0 cm³/mol. The van der Waals surface area contributed by atoms with E-state index in [1.807, 2.05) is 32.0 Å². The highest BCUT2D eigenvalue weighted by atomic mass is 79.9. The van der Waals surface area contributed by atoms with E-state index in [9.17, 15) is 9.90 Å². The second-order valence-electron chi connectivity index (χ2n) is 5.05. The maximum Gasteiger partial charge on any atom is 0.277 e. The van der Waals surface area contributed by atoms with Gasteiger partial charge in [0.15, 0.2) is 6.61 Å². The molecular formula is C17H17BrN2O3. The summed E-state index contributed by atoms with van der Waals surface area (Å²) in [6.45, 7) is 3.79. The van der Waals surface area contributed by atoms with Gasteiger partial charge >= 0.3 is 0 Å². The summed E-state index contributed by atoms with van der Waals surface area (Å²) in [6.07, 6.45) is 1.37. The Kier molecular flexibility index (Phi) is 5.76. The summed E-state index contributed by atoms with van der Waals surface area (Å²) in [6, 6.07) is 10.7. The molecule has 0 saturated carbocycles. The summed E-state index contributed by atoms with van der Waals surface area (Å²) in [4.78, 5) is 11.7.